The van der Waals surface area contributed by atoms with Gasteiger partial charge in [-0.1, -0.05) is 31.4 Å². The SMILES string of the molecule is O=S(=O)(c1ccccc1N1CCC(OC2CCCCC2)CC1)C(F)(F)F. The van der Waals surface area contributed by atoms with Crippen LogP contribution in [0, 0.1) is 0 Å². The van der Waals surface area contributed by atoms with Gasteiger partial charge in [-0.3, -0.25) is 0 Å². The van der Waals surface area contributed by atoms with Gasteiger partial charge in [0.25, 0.3) is 9.84 Å². The third-order valence-electron chi connectivity index (χ3n) is 5.18. The fourth-order valence-electron chi connectivity index (χ4n) is 3.78. The third-order valence-corrected chi connectivity index (χ3v) is 6.71. The van der Waals surface area contributed by atoms with E-state index in [1.807, 2.05) is 0 Å². The van der Waals surface area contributed by atoms with Crippen LogP contribution in [0.1, 0.15) is 44.9 Å². The van der Waals surface area contributed by atoms with Crippen LogP contribution in [0.3, 0.4) is 0 Å². The lowest BCUT2D eigenvalue weighted by Crippen LogP contribution is -2.39. The van der Waals surface area contributed by atoms with Gasteiger partial charge in [-0.05, 0) is 37.8 Å². The number of piperidine rings is 1. The average Bonchev–Trinajstić information content (AvgIpc) is 2.62. The van der Waals surface area contributed by atoms with Gasteiger partial charge >= 0.3 is 5.51 Å². The highest BCUT2D eigenvalue weighted by Crippen LogP contribution is 2.37. The molecule has 2 fully saturated rings. The van der Waals surface area contributed by atoms with Crippen LogP contribution in [0.15, 0.2) is 29.2 Å². The number of hydrogen-bond donors (Lipinski definition) is 0. The molecular weight excluding hydrogens is 367 g/mol. The molecule has 1 aliphatic heterocycles. The van der Waals surface area contributed by atoms with E-state index >= 15 is 0 Å². The zero-order valence-corrected chi connectivity index (χ0v) is 15.4. The van der Waals surface area contributed by atoms with E-state index in [1.54, 1.807) is 11.0 Å². The number of halogens is 3. The Balaban J connectivity index is 1.68. The first kappa shape index (κ1) is 19.5. The van der Waals surface area contributed by atoms with Crippen LogP contribution in [-0.2, 0) is 14.6 Å². The van der Waals surface area contributed by atoms with Crippen molar-refractivity contribution in [1.82, 2.24) is 0 Å². The average molecular weight is 391 g/mol. The predicted octanol–water partition coefficient (Wildman–Crippen LogP) is 4.30. The second kappa shape index (κ2) is 7.76. The number of para-hydroxylation sites is 1. The first-order valence-corrected chi connectivity index (χ1v) is 10.6. The predicted molar refractivity (Wildman–Crippen MR) is 92.9 cm³/mol. The highest BCUT2D eigenvalue weighted by molar-refractivity contribution is 7.92. The van der Waals surface area contributed by atoms with Crippen molar-refractivity contribution in [2.75, 3.05) is 18.0 Å². The highest BCUT2D eigenvalue weighted by atomic mass is 32.2. The Kier molecular flexibility index (Phi) is 5.81. The monoisotopic (exact) mass is 391 g/mol. The van der Waals surface area contributed by atoms with E-state index in [2.05, 4.69) is 0 Å². The van der Waals surface area contributed by atoms with Crippen molar-refractivity contribution in [3.63, 3.8) is 0 Å². The van der Waals surface area contributed by atoms with Gasteiger partial charge in [0.1, 0.15) is 0 Å². The Hall–Kier alpha value is -1.28. The quantitative estimate of drug-likeness (QED) is 0.768. The van der Waals surface area contributed by atoms with E-state index < -0.39 is 20.2 Å². The molecule has 2 aliphatic rings. The zero-order valence-electron chi connectivity index (χ0n) is 14.5. The largest absolute Gasteiger partial charge is 0.501 e. The number of nitrogens with zero attached hydrogens (tertiary/aromatic N) is 1. The fourth-order valence-corrected chi connectivity index (χ4v) is 4.76. The van der Waals surface area contributed by atoms with Gasteiger partial charge in [-0.2, -0.15) is 13.2 Å². The molecule has 0 spiro atoms. The maximum Gasteiger partial charge on any atom is 0.501 e. The van der Waals surface area contributed by atoms with Crippen molar-refractivity contribution in [3.05, 3.63) is 24.3 Å². The number of anilines is 1. The summed E-state index contributed by atoms with van der Waals surface area (Å²) in [5.41, 5.74) is -5.17. The Labute approximate surface area is 152 Å². The first-order chi connectivity index (χ1) is 12.3. The lowest BCUT2D eigenvalue weighted by atomic mass is 9.97. The Bertz CT molecular complexity index is 707. The van der Waals surface area contributed by atoms with Crippen molar-refractivity contribution in [3.8, 4) is 0 Å². The number of alkyl halides is 3. The summed E-state index contributed by atoms with van der Waals surface area (Å²) in [5, 5.41) is 0. The van der Waals surface area contributed by atoms with Gasteiger partial charge in [0.05, 0.1) is 22.8 Å². The molecule has 3 rings (SSSR count). The lowest BCUT2D eigenvalue weighted by molar-refractivity contribution is -0.0437. The second-order valence-corrected chi connectivity index (χ2v) is 8.91. The number of sulfone groups is 1. The van der Waals surface area contributed by atoms with Crippen molar-refractivity contribution >= 4 is 15.5 Å². The molecule has 26 heavy (non-hydrogen) atoms. The number of rotatable bonds is 4. The molecule has 1 saturated heterocycles. The summed E-state index contributed by atoms with van der Waals surface area (Å²) in [6, 6.07) is 5.36. The lowest BCUT2D eigenvalue weighted by Gasteiger charge is -2.36. The van der Waals surface area contributed by atoms with Crippen LogP contribution in [0.25, 0.3) is 0 Å². The Morgan fingerprint density at radius 1 is 0.923 bits per heavy atom. The van der Waals surface area contributed by atoms with Gasteiger partial charge < -0.3 is 9.64 Å². The van der Waals surface area contributed by atoms with Crippen molar-refractivity contribution in [1.29, 1.82) is 0 Å². The first-order valence-electron chi connectivity index (χ1n) is 9.10. The maximum absolute atomic E-state index is 13.0. The summed E-state index contributed by atoms with van der Waals surface area (Å²) in [7, 11) is -5.37. The normalized spacial score (nSPS) is 21.1. The summed E-state index contributed by atoms with van der Waals surface area (Å²) >= 11 is 0. The van der Waals surface area contributed by atoms with E-state index in [0.29, 0.717) is 25.9 Å². The van der Waals surface area contributed by atoms with Crippen molar-refractivity contribution in [2.24, 2.45) is 0 Å². The smallest absolute Gasteiger partial charge is 0.375 e. The topological polar surface area (TPSA) is 46.6 Å². The third kappa shape index (κ3) is 4.17. The molecule has 0 aromatic heterocycles. The second-order valence-electron chi connectivity index (χ2n) is 7.00. The standard InChI is InChI=1S/C18H24F3NO3S/c19-18(20,21)26(23,24)17-9-5-4-8-16(17)22-12-10-15(11-13-22)25-14-6-2-1-3-7-14/h4-5,8-9,14-15H,1-3,6-7,10-13H2. The van der Waals surface area contributed by atoms with E-state index in [1.165, 1.54) is 31.4 Å². The molecule has 1 saturated carbocycles. The maximum atomic E-state index is 13.0. The summed E-state index contributed by atoms with van der Waals surface area (Å²) in [6.07, 6.45) is 7.55. The molecule has 4 nitrogen and oxygen atoms in total. The van der Waals surface area contributed by atoms with E-state index in [0.717, 1.165) is 18.9 Å². The number of benzene rings is 1. The molecule has 8 heteroatoms. The number of hydrogen-bond acceptors (Lipinski definition) is 4. The van der Waals surface area contributed by atoms with Gasteiger partial charge in [-0.15, -0.1) is 0 Å². The van der Waals surface area contributed by atoms with Crippen molar-refractivity contribution < 1.29 is 26.3 Å². The molecule has 146 valence electrons. The van der Waals surface area contributed by atoms with Gasteiger partial charge in [-0.25, -0.2) is 8.42 Å². The van der Waals surface area contributed by atoms with Crippen LogP contribution in [0.5, 0.6) is 0 Å². The highest BCUT2D eigenvalue weighted by Gasteiger charge is 2.48. The minimum Gasteiger partial charge on any atom is -0.375 e. The molecule has 0 N–H and O–H groups in total. The minimum atomic E-state index is -5.37. The molecule has 1 aliphatic carbocycles. The van der Waals surface area contributed by atoms with Crippen molar-refractivity contribution in [2.45, 2.75) is 67.6 Å². The summed E-state index contributed by atoms with van der Waals surface area (Å²) in [5.74, 6) is 0. The molecule has 0 unspecified atom stereocenters. The van der Waals surface area contributed by atoms with Gasteiger partial charge in [0.2, 0.25) is 0 Å². The fraction of sp³-hybridized carbons (Fsp3) is 0.667. The molecule has 0 radical (unpaired) electrons. The Morgan fingerprint density at radius 3 is 2.12 bits per heavy atom. The molecule has 0 bridgehead atoms. The number of ether oxygens (including phenoxy) is 1. The van der Waals surface area contributed by atoms with Crippen LogP contribution < -0.4 is 4.90 Å². The van der Waals surface area contributed by atoms with Crippen LogP contribution in [-0.4, -0.2) is 39.2 Å². The van der Waals surface area contributed by atoms with Gasteiger partial charge in [0.15, 0.2) is 0 Å². The van der Waals surface area contributed by atoms with Crippen LogP contribution in [0.4, 0.5) is 18.9 Å². The molecule has 1 aromatic carbocycles. The molecule has 1 aromatic rings. The van der Waals surface area contributed by atoms with E-state index in [-0.39, 0.29) is 17.9 Å². The van der Waals surface area contributed by atoms with E-state index in [9.17, 15) is 21.6 Å². The minimum absolute atomic E-state index is 0.0979. The van der Waals surface area contributed by atoms with Crippen LogP contribution in [0.2, 0.25) is 0 Å². The van der Waals surface area contributed by atoms with E-state index in [4.69, 9.17) is 4.74 Å². The molecule has 0 atom stereocenters. The molecule has 1 heterocycles. The summed E-state index contributed by atoms with van der Waals surface area (Å²) in [4.78, 5) is 1.05. The molecule has 0 amide bonds. The summed E-state index contributed by atoms with van der Waals surface area (Å²) < 4.78 is 68.8. The zero-order chi connectivity index (χ0) is 18.8. The van der Waals surface area contributed by atoms with Gasteiger partial charge in [0, 0.05) is 13.1 Å². The summed E-state index contributed by atoms with van der Waals surface area (Å²) in [6.45, 7) is 0.976. The molecular formula is C18H24F3NO3S. The van der Waals surface area contributed by atoms with Crippen LogP contribution >= 0.6 is 0 Å². The Morgan fingerprint density at radius 2 is 1.50 bits per heavy atom.